The molecule has 1 atom stereocenters. The number of esters is 1. The second-order valence-corrected chi connectivity index (χ2v) is 6.66. The minimum atomic E-state index is -1.22. The van der Waals surface area contributed by atoms with E-state index in [1.807, 2.05) is 0 Å². The van der Waals surface area contributed by atoms with Crippen LogP contribution in [0.2, 0.25) is 0 Å². The van der Waals surface area contributed by atoms with E-state index in [0.717, 1.165) is 4.57 Å². The largest absolute Gasteiger partial charge is 0.507 e. The number of carboxylic acid groups (broad SMARTS) is 1. The van der Waals surface area contributed by atoms with Gasteiger partial charge in [-0.15, -0.1) is 0 Å². The predicted octanol–water partition coefficient (Wildman–Crippen LogP) is 1.38. The van der Waals surface area contributed by atoms with Crippen LogP contribution in [0, 0.1) is 6.92 Å². The zero-order valence-corrected chi connectivity index (χ0v) is 16.6. The van der Waals surface area contributed by atoms with E-state index in [9.17, 15) is 19.5 Å². The predicted molar refractivity (Wildman–Crippen MR) is 102 cm³/mol. The second-order valence-electron chi connectivity index (χ2n) is 6.66. The molecule has 0 aliphatic carbocycles. The van der Waals surface area contributed by atoms with Crippen molar-refractivity contribution >= 4 is 11.9 Å². The van der Waals surface area contributed by atoms with Gasteiger partial charge in [0, 0.05) is 11.6 Å². The molecule has 0 saturated heterocycles. The Balaban J connectivity index is 2.23. The lowest BCUT2D eigenvalue weighted by Crippen LogP contribution is -2.30. The number of carbonyl (C=O) groups excluding carboxylic acids is 1. The molecule has 1 aromatic heterocycles. The standard InChI is InChI=1S/C20H21NO9/c1-10-4-13(22)18(20(26)21(10)8-16(23)24)12(7-17(25)28-3)11-5-14(27-2)19-15(6-11)29-9-30-19/h4-6,12,22H,7-9H2,1-3H3,(H,23,24)/t12-/m0/s1. The third-order valence-electron chi connectivity index (χ3n) is 4.85. The number of pyridine rings is 1. The molecule has 10 heteroatoms. The van der Waals surface area contributed by atoms with Crippen LogP contribution in [0.1, 0.15) is 29.2 Å². The number of nitrogens with zero attached hydrogens (tertiary/aromatic N) is 1. The topological polar surface area (TPSA) is 134 Å². The van der Waals surface area contributed by atoms with Crippen molar-refractivity contribution in [3.63, 3.8) is 0 Å². The van der Waals surface area contributed by atoms with E-state index in [-0.39, 0.29) is 30.2 Å². The van der Waals surface area contributed by atoms with Crippen LogP contribution in [0.4, 0.5) is 0 Å². The van der Waals surface area contributed by atoms with Crippen molar-refractivity contribution in [2.75, 3.05) is 21.0 Å². The molecule has 2 heterocycles. The molecule has 160 valence electrons. The maximum absolute atomic E-state index is 13.1. The number of aliphatic carboxylic acids is 1. The highest BCUT2D eigenvalue weighted by molar-refractivity contribution is 5.72. The van der Waals surface area contributed by atoms with Crippen molar-refractivity contribution < 1.29 is 38.7 Å². The van der Waals surface area contributed by atoms with Crippen LogP contribution >= 0.6 is 0 Å². The van der Waals surface area contributed by atoms with Gasteiger partial charge in [0.05, 0.1) is 26.2 Å². The molecule has 2 aromatic rings. The minimum Gasteiger partial charge on any atom is -0.507 e. The highest BCUT2D eigenvalue weighted by Gasteiger charge is 2.30. The summed E-state index contributed by atoms with van der Waals surface area (Å²) in [6, 6.07) is 4.44. The monoisotopic (exact) mass is 419 g/mol. The average molecular weight is 419 g/mol. The van der Waals surface area contributed by atoms with Gasteiger partial charge in [-0.3, -0.25) is 14.4 Å². The lowest BCUT2D eigenvalue weighted by molar-refractivity contribution is -0.141. The molecule has 1 aliphatic rings. The van der Waals surface area contributed by atoms with Gasteiger partial charge >= 0.3 is 11.9 Å². The van der Waals surface area contributed by atoms with E-state index < -0.39 is 30.0 Å². The third-order valence-corrected chi connectivity index (χ3v) is 4.85. The Morgan fingerprint density at radius 2 is 1.97 bits per heavy atom. The summed E-state index contributed by atoms with van der Waals surface area (Å²) in [5.74, 6) is -2.08. The van der Waals surface area contributed by atoms with Crippen LogP contribution < -0.4 is 19.8 Å². The quantitative estimate of drug-likeness (QED) is 0.638. The minimum absolute atomic E-state index is 0.0159. The van der Waals surface area contributed by atoms with E-state index in [0.29, 0.717) is 22.8 Å². The number of methoxy groups -OCH3 is 2. The Morgan fingerprint density at radius 3 is 2.60 bits per heavy atom. The lowest BCUT2D eigenvalue weighted by atomic mass is 9.88. The Bertz CT molecular complexity index is 1060. The summed E-state index contributed by atoms with van der Waals surface area (Å²) < 4.78 is 21.9. The molecule has 30 heavy (non-hydrogen) atoms. The highest BCUT2D eigenvalue weighted by atomic mass is 16.7. The van der Waals surface area contributed by atoms with Gasteiger partial charge < -0.3 is 33.7 Å². The summed E-state index contributed by atoms with van der Waals surface area (Å²) in [6.45, 7) is 0.901. The molecule has 3 rings (SSSR count). The van der Waals surface area contributed by atoms with Crippen LogP contribution in [-0.4, -0.2) is 47.7 Å². The molecule has 0 amide bonds. The van der Waals surface area contributed by atoms with Gasteiger partial charge in [-0.25, -0.2) is 0 Å². The first kappa shape index (κ1) is 21.0. The molecular weight excluding hydrogens is 398 g/mol. The molecule has 0 fully saturated rings. The maximum Gasteiger partial charge on any atom is 0.323 e. The van der Waals surface area contributed by atoms with Crippen molar-refractivity contribution in [1.29, 1.82) is 0 Å². The average Bonchev–Trinajstić information content (AvgIpc) is 3.17. The van der Waals surface area contributed by atoms with Crippen molar-refractivity contribution in [3.8, 4) is 23.0 Å². The fraction of sp³-hybridized carbons (Fsp3) is 0.350. The van der Waals surface area contributed by atoms with Crippen molar-refractivity contribution in [2.24, 2.45) is 0 Å². The summed E-state index contributed by atoms with van der Waals surface area (Å²) in [6.07, 6.45) is -0.280. The molecule has 2 N–H and O–H groups in total. The van der Waals surface area contributed by atoms with E-state index >= 15 is 0 Å². The number of aromatic nitrogens is 1. The molecule has 0 bridgehead atoms. The summed E-state index contributed by atoms with van der Waals surface area (Å²) >= 11 is 0. The second kappa shape index (κ2) is 8.36. The smallest absolute Gasteiger partial charge is 0.323 e. The first-order chi connectivity index (χ1) is 14.3. The van der Waals surface area contributed by atoms with Gasteiger partial charge in [-0.2, -0.15) is 0 Å². The van der Waals surface area contributed by atoms with Crippen molar-refractivity contribution in [3.05, 3.63) is 45.4 Å². The van der Waals surface area contributed by atoms with Gasteiger partial charge in [0.25, 0.3) is 5.56 Å². The van der Waals surface area contributed by atoms with E-state index in [1.54, 1.807) is 12.1 Å². The summed E-state index contributed by atoms with van der Waals surface area (Å²) in [4.78, 5) is 36.4. The zero-order chi connectivity index (χ0) is 22.0. The van der Waals surface area contributed by atoms with E-state index in [4.69, 9.17) is 24.1 Å². The molecule has 0 spiro atoms. The Hall–Kier alpha value is -3.69. The fourth-order valence-electron chi connectivity index (χ4n) is 3.42. The van der Waals surface area contributed by atoms with Gasteiger partial charge in [0.2, 0.25) is 12.5 Å². The highest BCUT2D eigenvalue weighted by Crippen LogP contribution is 2.45. The van der Waals surface area contributed by atoms with Gasteiger partial charge in [-0.05, 0) is 30.7 Å². The van der Waals surface area contributed by atoms with E-state index in [1.165, 1.54) is 27.2 Å². The molecule has 10 nitrogen and oxygen atoms in total. The molecule has 0 unspecified atom stereocenters. The number of hydrogen-bond acceptors (Lipinski definition) is 8. The number of rotatable bonds is 7. The Morgan fingerprint density at radius 1 is 1.23 bits per heavy atom. The summed E-state index contributed by atoms with van der Waals surface area (Å²) in [5.41, 5.74) is -0.156. The number of ether oxygens (including phenoxy) is 4. The Labute approximate surface area is 171 Å². The van der Waals surface area contributed by atoms with Crippen molar-refractivity contribution in [2.45, 2.75) is 25.8 Å². The number of benzene rings is 1. The SMILES string of the molecule is COC(=O)C[C@@H](c1cc(OC)c2c(c1)OCO2)c1c(O)cc(C)n(CC(=O)O)c1=O. The number of aromatic hydroxyl groups is 1. The third kappa shape index (κ3) is 3.88. The molecule has 0 radical (unpaired) electrons. The van der Waals surface area contributed by atoms with Crippen LogP contribution in [0.5, 0.6) is 23.0 Å². The summed E-state index contributed by atoms with van der Waals surface area (Å²) in [7, 11) is 2.64. The number of hydrogen-bond donors (Lipinski definition) is 2. The number of aryl methyl sites for hydroxylation is 1. The van der Waals surface area contributed by atoms with Gasteiger partial charge in [-0.1, -0.05) is 0 Å². The van der Waals surface area contributed by atoms with Gasteiger partial charge in [0.1, 0.15) is 12.3 Å². The van der Waals surface area contributed by atoms with Crippen molar-refractivity contribution in [1.82, 2.24) is 4.57 Å². The number of carboxylic acids is 1. The number of fused-ring (bicyclic) bond motifs is 1. The maximum atomic E-state index is 13.1. The Kier molecular flexibility index (Phi) is 5.86. The molecular formula is C20H21NO9. The van der Waals surface area contributed by atoms with Gasteiger partial charge in [0.15, 0.2) is 11.5 Å². The first-order valence-electron chi connectivity index (χ1n) is 8.96. The zero-order valence-electron chi connectivity index (χ0n) is 16.6. The first-order valence-corrected chi connectivity index (χ1v) is 8.96. The lowest BCUT2D eigenvalue weighted by Gasteiger charge is -2.21. The normalized spacial score (nSPS) is 13.0. The molecule has 1 aliphatic heterocycles. The molecule has 0 saturated carbocycles. The van der Waals surface area contributed by atoms with Crippen LogP contribution in [0.3, 0.4) is 0 Å². The molecule has 1 aromatic carbocycles. The van der Waals surface area contributed by atoms with Crippen LogP contribution in [0.15, 0.2) is 23.0 Å². The van der Waals surface area contributed by atoms with Crippen LogP contribution in [-0.2, 0) is 20.9 Å². The fourth-order valence-corrected chi connectivity index (χ4v) is 3.42. The number of carbonyl (C=O) groups is 2. The van der Waals surface area contributed by atoms with Crippen LogP contribution in [0.25, 0.3) is 0 Å². The van der Waals surface area contributed by atoms with E-state index in [2.05, 4.69) is 0 Å². The summed E-state index contributed by atoms with van der Waals surface area (Å²) in [5, 5.41) is 19.7.